The zero-order valence-electron chi connectivity index (χ0n) is 19.3. The lowest BCUT2D eigenvalue weighted by Gasteiger charge is -2.17. The van der Waals surface area contributed by atoms with E-state index >= 15 is 0 Å². The Balaban J connectivity index is 2.25. The summed E-state index contributed by atoms with van der Waals surface area (Å²) in [6.07, 6.45) is 9.59. The minimum absolute atomic E-state index is 0.601. The van der Waals surface area contributed by atoms with E-state index in [-0.39, 0.29) is 0 Å². The number of benzene rings is 1. The van der Waals surface area contributed by atoms with E-state index in [4.69, 9.17) is 14.3 Å². The molecule has 1 aromatic rings. The first-order valence-corrected chi connectivity index (χ1v) is 10.8. The molecule has 0 amide bonds. The van der Waals surface area contributed by atoms with Gasteiger partial charge in [0.1, 0.15) is 25.2 Å². The lowest BCUT2D eigenvalue weighted by atomic mass is 10.1. The molecule has 1 aromatic carbocycles. The van der Waals surface area contributed by atoms with Crippen molar-refractivity contribution in [2.75, 3.05) is 40.5 Å². The molecule has 0 fully saturated rings. The highest BCUT2D eigenvalue weighted by atomic mass is 16.6. The number of allylic oxidation sites excluding steroid dienone is 1. The summed E-state index contributed by atoms with van der Waals surface area (Å²) in [5, 5.41) is 4.07. The van der Waals surface area contributed by atoms with Crippen LogP contribution in [0.5, 0.6) is 11.5 Å². The zero-order chi connectivity index (χ0) is 21.5. The monoisotopic (exact) mass is 404 g/mol. The van der Waals surface area contributed by atoms with Gasteiger partial charge in [-0.3, -0.25) is 0 Å². The lowest BCUT2D eigenvalue weighted by Crippen LogP contribution is -2.26. The van der Waals surface area contributed by atoms with Crippen molar-refractivity contribution in [2.24, 2.45) is 5.16 Å². The number of oxime groups is 1. The van der Waals surface area contributed by atoms with Gasteiger partial charge >= 0.3 is 0 Å². The van der Waals surface area contributed by atoms with Crippen LogP contribution in [0.4, 0.5) is 0 Å². The third-order valence-corrected chi connectivity index (χ3v) is 4.78. The molecule has 0 N–H and O–H groups in total. The fraction of sp³-hybridized carbons (Fsp3) is 0.625. The Hall–Kier alpha value is -2.01. The molecule has 0 bridgehead atoms. The van der Waals surface area contributed by atoms with Gasteiger partial charge in [0, 0.05) is 6.54 Å². The van der Waals surface area contributed by atoms with Gasteiger partial charge in [0.2, 0.25) is 0 Å². The van der Waals surface area contributed by atoms with E-state index in [1.165, 1.54) is 19.3 Å². The maximum absolute atomic E-state index is 6.06. The van der Waals surface area contributed by atoms with Gasteiger partial charge < -0.3 is 19.2 Å². The van der Waals surface area contributed by atoms with Crippen LogP contribution in [0.15, 0.2) is 29.4 Å². The molecule has 164 valence electrons. The first kappa shape index (κ1) is 25.0. The molecular formula is C24H40N2O3. The first-order chi connectivity index (χ1) is 14.0. The Kier molecular flexibility index (Phi) is 12.9. The van der Waals surface area contributed by atoms with Crippen LogP contribution in [0, 0.1) is 13.8 Å². The topological polar surface area (TPSA) is 43.3 Å². The average Bonchev–Trinajstić information content (AvgIpc) is 2.68. The number of rotatable bonds is 15. The maximum Gasteiger partial charge on any atom is 0.125 e. The summed E-state index contributed by atoms with van der Waals surface area (Å²) in [6, 6.07) is 4.11. The molecule has 5 nitrogen and oxygen atoms in total. The molecule has 0 unspecified atom stereocenters. The van der Waals surface area contributed by atoms with E-state index in [0.29, 0.717) is 6.61 Å². The van der Waals surface area contributed by atoms with Gasteiger partial charge in [-0.1, -0.05) is 37.1 Å². The number of ether oxygens (including phenoxy) is 2. The van der Waals surface area contributed by atoms with Gasteiger partial charge in [0.05, 0.1) is 12.3 Å². The Morgan fingerprint density at radius 2 is 1.76 bits per heavy atom. The van der Waals surface area contributed by atoms with E-state index in [1.54, 1.807) is 7.11 Å². The fourth-order valence-corrected chi connectivity index (χ4v) is 3.20. The van der Waals surface area contributed by atoms with Crippen molar-refractivity contribution in [2.45, 2.75) is 59.8 Å². The van der Waals surface area contributed by atoms with Crippen LogP contribution in [-0.4, -0.2) is 51.1 Å². The van der Waals surface area contributed by atoms with E-state index in [1.807, 2.05) is 19.1 Å². The number of hydrogen-bond acceptors (Lipinski definition) is 5. The first-order valence-electron chi connectivity index (χ1n) is 10.8. The lowest BCUT2D eigenvalue weighted by molar-refractivity contribution is 0.210. The summed E-state index contributed by atoms with van der Waals surface area (Å²) in [5.74, 6) is 1.89. The fourth-order valence-electron chi connectivity index (χ4n) is 3.20. The predicted octanol–water partition coefficient (Wildman–Crippen LogP) is 5.54. The Labute approximate surface area is 177 Å². The summed E-state index contributed by atoms with van der Waals surface area (Å²) >= 11 is 0. The molecule has 0 saturated carbocycles. The molecule has 5 heteroatoms. The van der Waals surface area contributed by atoms with Crippen molar-refractivity contribution in [3.63, 3.8) is 0 Å². The standard InChI is InChI=1S/C24H40N2O3/c1-7-9-15-28-23-17-20(3)24(21(4)18-23)29-16-13-11-10-12-14-26(5)19-22(8-2)25-27-6/h7,9,17-18H,8,10-16,19H2,1-6H3/b9-7+,25-22+. The van der Waals surface area contributed by atoms with Crippen molar-refractivity contribution in [1.29, 1.82) is 0 Å². The van der Waals surface area contributed by atoms with E-state index < -0.39 is 0 Å². The van der Waals surface area contributed by atoms with Crippen molar-refractivity contribution in [1.82, 2.24) is 4.90 Å². The summed E-state index contributed by atoms with van der Waals surface area (Å²) in [6.45, 7) is 11.6. The molecule has 0 aliphatic heterocycles. The summed E-state index contributed by atoms with van der Waals surface area (Å²) in [4.78, 5) is 7.20. The van der Waals surface area contributed by atoms with Crippen LogP contribution in [-0.2, 0) is 4.84 Å². The normalized spacial score (nSPS) is 12.0. The highest BCUT2D eigenvalue weighted by Crippen LogP contribution is 2.28. The third kappa shape index (κ3) is 10.4. The highest BCUT2D eigenvalue weighted by molar-refractivity contribution is 5.85. The minimum atomic E-state index is 0.601. The molecule has 1 rings (SSSR count). The summed E-state index contributed by atoms with van der Waals surface area (Å²) in [7, 11) is 3.75. The summed E-state index contributed by atoms with van der Waals surface area (Å²) < 4.78 is 11.8. The molecule has 0 aliphatic rings. The van der Waals surface area contributed by atoms with Crippen LogP contribution in [0.25, 0.3) is 0 Å². The second kappa shape index (κ2) is 14.9. The molecule has 0 aromatic heterocycles. The molecule has 0 spiro atoms. The highest BCUT2D eigenvalue weighted by Gasteiger charge is 2.07. The molecule has 29 heavy (non-hydrogen) atoms. The second-order valence-corrected chi connectivity index (χ2v) is 7.46. The van der Waals surface area contributed by atoms with Gasteiger partial charge in [0.15, 0.2) is 0 Å². The maximum atomic E-state index is 6.06. The minimum Gasteiger partial charge on any atom is -0.493 e. The van der Waals surface area contributed by atoms with Gasteiger partial charge in [0.25, 0.3) is 0 Å². The van der Waals surface area contributed by atoms with Crippen molar-refractivity contribution in [3.05, 3.63) is 35.4 Å². The van der Waals surface area contributed by atoms with E-state index in [9.17, 15) is 0 Å². The smallest absolute Gasteiger partial charge is 0.125 e. The quantitative estimate of drug-likeness (QED) is 0.167. The average molecular weight is 405 g/mol. The van der Waals surface area contributed by atoms with Crippen molar-refractivity contribution >= 4 is 5.71 Å². The second-order valence-electron chi connectivity index (χ2n) is 7.46. The van der Waals surface area contributed by atoms with Gasteiger partial charge in [-0.15, -0.1) is 0 Å². The largest absolute Gasteiger partial charge is 0.493 e. The number of hydrogen-bond donors (Lipinski definition) is 0. The molecule has 0 atom stereocenters. The van der Waals surface area contributed by atoms with Gasteiger partial charge in [-0.2, -0.15) is 0 Å². The van der Waals surface area contributed by atoms with E-state index in [2.05, 4.69) is 50.0 Å². The summed E-state index contributed by atoms with van der Waals surface area (Å²) in [5.41, 5.74) is 3.35. The van der Waals surface area contributed by atoms with Crippen LogP contribution in [0.3, 0.4) is 0 Å². The van der Waals surface area contributed by atoms with Crippen molar-refractivity contribution < 1.29 is 14.3 Å². The third-order valence-electron chi connectivity index (χ3n) is 4.78. The molecule has 0 aliphatic carbocycles. The zero-order valence-corrected chi connectivity index (χ0v) is 19.3. The van der Waals surface area contributed by atoms with Crippen LogP contribution in [0.2, 0.25) is 0 Å². The van der Waals surface area contributed by atoms with E-state index in [0.717, 1.165) is 60.9 Å². The SMILES string of the molecule is C/C=C/COc1cc(C)c(OCCCCCCN(C)C/C(CC)=N/OC)c(C)c1. The Morgan fingerprint density at radius 1 is 1.07 bits per heavy atom. The Bertz CT molecular complexity index is 618. The van der Waals surface area contributed by atoms with Crippen LogP contribution in [0.1, 0.15) is 57.1 Å². The molecule has 0 radical (unpaired) electrons. The molecular weight excluding hydrogens is 364 g/mol. The number of nitrogens with zero attached hydrogens (tertiary/aromatic N) is 2. The molecule has 0 heterocycles. The molecule has 0 saturated heterocycles. The number of unbranched alkanes of at least 4 members (excludes halogenated alkanes) is 3. The van der Waals surface area contributed by atoms with Gasteiger partial charge in [-0.25, -0.2) is 0 Å². The van der Waals surface area contributed by atoms with Crippen LogP contribution < -0.4 is 9.47 Å². The number of aryl methyl sites for hydroxylation is 2. The van der Waals surface area contributed by atoms with Gasteiger partial charge in [-0.05, 0) is 76.9 Å². The van der Waals surface area contributed by atoms with Crippen LogP contribution >= 0.6 is 0 Å². The predicted molar refractivity (Wildman–Crippen MR) is 122 cm³/mol. The van der Waals surface area contributed by atoms with Crippen molar-refractivity contribution in [3.8, 4) is 11.5 Å². The Morgan fingerprint density at radius 3 is 2.38 bits per heavy atom.